The number of amides is 1. The number of rotatable bonds is 9. The molecule has 0 atom stereocenters. The highest BCUT2D eigenvalue weighted by Crippen LogP contribution is 2.28. The molecule has 0 spiro atoms. The fourth-order valence-electron chi connectivity index (χ4n) is 2.80. The van der Waals surface area contributed by atoms with E-state index in [1.165, 1.54) is 5.56 Å². The molecule has 0 bridgehead atoms. The molecule has 0 saturated carbocycles. The van der Waals surface area contributed by atoms with Gasteiger partial charge in [0.15, 0.2) is 6.61 Å². The van der Waals surface area contributed by atoms with Gasteiger partial charge >= 0.3 is 0 Å². The van der Waals surface area contributed by atoms with E-state index in [1.807, 2.05) is 72.8 Å². The Kier molecular flexibility index (Phi) is 8.24. The molecule has 1 N–H and O–H groups in total. The number of hydrogen-bond acceptors (Lipinski definition) is 4. The van der Waals surface area contributed by atoms with Crippen molar-refractivity contribution in [3.63, 3.8) is 0 Å². The van der Waals surface area contributed by atoms with Gasteiger partial charge in [0.05, 0.1) is 10.7 Å². The molecule has 6 heteroatoms. The van der Waals surface area contributed by atoms with Crippen LogP contribution in [0.5, 0.6) is 11.5 Å². The van der Waals surface area contributed by atoms with Gasteiger partial charge in [-0.05, 0) is 57.2 Å². The monoisotopic (exact) mass is 480 g/mol. The van der Waals surface area contributed by atoms with Crippen LogP contribution >= 0.6 is 15.9 Å². The average Bonchev–Trinajstić information content (AvgIpc) is 2.78. The van der Waals surface area contributed by atoms with E-state index in [2.05, 4.69) is 40.3 Å². The van der Waals surface area contributed by atoms with Gasteiger partial charge in [0.25, 0.3) is 5.91 Å². The summed E-state index contributed by atoms with van der Waals surface area (Å²) in [5.74, 6) is 1.37. The van der Waals surface area contributed by atoms with Crippen molar-refractivity contribution in [2.45, 2.75) is 26.4 Å². The molecule has 3 aromatic carbocycles. The highest BCUT2D eigenvalue weighted by molar-refractivity contribution is 9.10. The number of ether oxygens (including phenoxy) is 2. The van der Waals surface area contributed by atoms with Crippen molar-refractivity contribution < 1.29 is 14.3 Å². The first-order valence-electron chi connectivity index (χ1n) is 10.0. The van der Waals surface area contributed by atoms with Gasteiger partial charge in [0.1, 0.15) is 18.1 Å². The van der Waals surface area contributed by atoms with Crippen LogP contribution in [0.3, 0.4) is 0 Å². The number of para-hydroxylation sites is 1. The van der Waals surface area contributed by atoms with Crippen LogP contribution in [0.4, 0.5) is 0 Å². The molecular formula is C25H25BrN2O3. The topological polar surface area (TPSA) is 59.9 Å². The molecule has 3 rings (SSSR count). The lowest BCUT2D eigenvalue weighted by Gasteiger charge is -2.11. The van der Waals surface area contributed by atoms with Gasteiger partial charge in [-0.2, -0.15) is 5.10 Å². The summed E-state index contributed by atoms with van der Waals surface area (Å²) < 4.78 is 12.3. The van der Waals surface area contributed by atoms with E-state index in [0.29, 0.717) is 24.0 Å². The van der Waals surface area contributed by atoms with Crippen LogP contribution in [0.2, 0.25) is 0 Å². The van der Waals surface area contributed by atoms with Crippen LogP contribution in [0, 0.1) is 0 Å². The summed E-state index contributed by atoms with van der Waals surface area (Å²) in [7, 11) is 0. The SMILES string of the molecule is CC(C)c1ccc(OCC(=O)NN=Cc2ccccc2OCc2ccccc2)c(Br)c1. The number of nitrogens with zero attached hydrogens (tertiary/aromatic N) is 1. The molecule has 0 radical (unpaired) electrons. The maximum absolute atomic E-state index is 12.1. The lowest BCUT2D eigenvalue weighted by Crippen LogP contribution is -2.24. The van der Waals surface area contributed by atoms with Crippen LogP contribution in [0.25, 0.3) is 0 Å². The Balaban J connectivity index is 1.52. The molecule has 0 saturated heterocycles. The zero-order chi connectivity index (χ0) is 22.1. The highest BCUT2D eigenvalue weighted by Gasteiger charge is 2.08. The smallest absolute Gasteiger partial charge is 0.277 e. The van der Waals surface area contributed by atoms with Crippen LogP contribution < -0.4 is 14.9 Å². The molecule has 5 nitrogen and oxygen atoms in total. The predicted molar refractivity (Wildman–Crippen MR) is 127 cm³/mol. The number of carbonyl (C=O) groups excluding carboxylic acids is 1. The number of hydrogen-bond donors (Lipinski definition) is 1. The minimum Gasteiger partial charge on any atom is -0.488 e. The Morgan fingerprint density at radius 1 is 1.00 bits per heavy atom. The number of benzene rings is 3. The Labute approximate surface area is 191 Å². The summed E-state index contributed by atoms with van der Waals surface area (Å²) in [5.41, 5.74) is 5.53. The second kappa shape index (κ2) is 11.3. The van der Waals surface area contributed by atoms with Crippen molar-refractivity contribution in [2.24, 2.45) is 5.10 Å². The van der Waals surface area contributed by atoms with Crippen molar-refractivity contribution in [3.05, 3.63) is 94.0 Å². The first kappa shape index (κ1) is 22.6. The molecule has 0 fully saturated rings. The number of nitrogens with one attached hydrogen (secondary N) is 1. The number of carbonyl (C=O) groups is 1. The van der Waals surface area contributed by atoms with Gasteiger partial charge in [-0.1, -0.05) is 62.4 Å². The minimum atomic E-state index is -0.348. The fourth-order valence-corrected chi connectivity index (χ4v) is 3.31. The normalized spacial score (nSPS) is 11.0. The van der Waals surface area contributed by atoms with E-state index in [1.54, 1.807) is 6.21 Å². The Morgan fingerprint density at radius 3 is 2.48 bits per heavy atom. The average molecular weight is 481 g/mol. The van der Waals surface area contributed by atoms with E-state index in [0.717, 1.165) is 15.6 Å². The van der Waals surface area contributed by atoms with Gasteiger partial charge in [0.2, 0.25) is 0 Å². The van der Waals surface area contributed by atoms with Crippen molar-refractivity contribution in [3.8, 4) is 11.5 Å². The summed E-state index contributed by atoms with van der Waals surface area (Å²) >= 11 is 3.49. The van der Waals surface area contributed by atoms with Crippen molar-refractivity contribution >= 4 is 28.1 Å². The number of halogens is 1. The minimum absolute atomic E-state index is 0.136. The fraction of sp³-hybridized carbons (Fsp3) is 0.200. The maximum Gasteiger partial charge on any atom is 0.277 e. The molecule has 3 aromatic rings. The van der Waals surface area contributed by atoms with Gasteiger partial charge in [-0.3, -0.25) is 4.79 Å². The van der Waals surface area contributed by atoms with E-state index in [9.17, 15) is 4.79 Å². The van der Waals surface area contributed by atoms with Crippen LogP contribution in [0.15, 0.2) is 82.4 Å². The Bertz CT molecular complexity index is 1040. The zero-order valence-electron chi connectivity index (χ0n) is 17.5. The molecule has 0 aliphatic carbocycles. The summed E-state index contributed by atoms with van der Waals surface area (Å²) in [6, 6.07) is 23.3. The van der Waals surface area contributed by atoms with E-state index < -0.39 is 0 Å². The summed E-state index contributed by atoms with van der Waals surface area (Å²) in [5, 5.41) is 4.03. The molecule has 0 heterocycles. The van der Waals surface area contributed by atoms with Gasteiger partial charge in [-0.25, -0.2) is 5.43 Å². The van der Waals surface area contributed by atoms with E-state index in [-0.39, 0.29) is 12.5 Å². The second-order valence-electron chi connectivity index (χ2n) is 7.24. The molecule has 31 heavy (non-hydrogen) atoms. The molecule has 0 aliphatic rings. The summed E-state index contributed by atoms with van der Waals surface area (Å²) in [4.78, 5) is 12.1. The molecular weight excluding hydrogens is 456 g/mol. The first-order chi connectivity index (χ1) is 15.0. The second-order valence-corrected chi connectivity index (χ2v) is 8.09. The van der Waals surface area contributed by atoms with Crippen LogP contribution in [0.1, 0.15) is 36.5 Å². The standard InChI is InChI=1S/C25H25BrN2O3/c1-18(2)20-12-13-24(22(26)14-20)31-17-25(29)28-27-15-21-10-6-7-11-23(21)30-16-19-8-4-3-5-9-19/h3-15,18H,16-17H2,1-2H3,(H,28,29). The molecule has 0 unspecified atom stereocenters. The first-order valence-corrected chi connectivity index (χ1v) is 10.8. The largest absolute Gasteiger partial charge is 0.488 e. The van der Waals surface area contributed by atoms with E-state index in [4.69, 9.17) is 9.47 Å². The zero-order valence-corrected chi connectivity index (χ0v) is 19.1. The van der Waals surface area contributed by atoms with Crippen molar-refractivity contribution in [1.82, 2.24) is 5.43 Å². The van der Waals surface area contributed by atoms with E-state index >= 15 is 0 Å². The lowest BCUT2D eigenvalue weighted by atomic mass is 10.0. The summed E-state index contributed by atoms with van der Waals surface area (Å²) in [6.07, 6.45) is 1.56. The van der Waals surface area contributed by atoms with Gasteiger partial charge < -0.3 is 9.47 Å². The highest BCUT2D eigenvalue weighted by atomic mass is 79.9. The number of hydrazone groups is 1. The van der Waals surface area contributed by atoms with Gasteiger partial charge in [-0.15, -0.1) is 0 Å². The third kappa shape index (κ3) is 6.96. The molecule has 0 aliphatic heterocycles. The van der Waals surface area contributed by atoms with Crippen LogP contribution in [-0.2, 0) is 11.4 Å². The summed E-state index contributed by atoms with van der Waals surface area (Å²) in [6.45, 7) is 4.57. The quantitative estimate of drug-likeness (QED) is 0.316. The predicted octanol–water partition coefficient (Wildman–Crippen LogP) is 5.68. The van der Waals surface area contributed by atoms with Crippen LogP contribution in [-0.4, -0.2) is 18.7 Å². The molecule has 1 amide bonds. The lowest BCUT2D eigenvalue weighted by molar-refractivity contribution is -0.123. The third-order valence-electron chi connectivity index (χ3n) is 4.53. The molecule has 160 valence electrons. The Morgan fingerprint density at radius 2 is 1.74 bits per heavy atom. The third-order valence-corrected chi connectivity index (χ3v) is 5.15. The van der Waals surface area contributed by atoms with Crippen molar-refractivity contribution in [1.29, 1.82) is 0 Å². The van der Waals surface area contributed by atoms with Gasteiger partial charge in [0, 0.05) is 5.56 Å². The Hall–Kier alpha value is -3.12. The maximum atomic E-state index is 12.1. The molecule has 0 aromatic heterocycles. The van der Waals surface area contributed by atoms with Crippen molar-refractivity contribution in [2.75, 3.05) is 6.61 Å².